The fourth-order valence-electron chi connectivity index (χ4n) is 3.08. The molecule has 1 N–H and O–H groups in total. The monoisotopic (exact) mass is 238 g/mol. The number of nitrogens with one attached hydrogen (secondary N) is 1. The maximum atomic E-state index is 11.5. The summed E-state index contributed by atoms with van der Waals surface area (Å²) in [6.07, 6.45) is 6.87. The number of hydrogen-bond acceptors (Lipinski definition) is 2. The third-order valence-electron chi connectivity index (χ3n) is 4.25. The largest absolute Gasteiger partial charge is 0.356 e. The molecule has 1 unspecified atom stereocenters. The van der Waals surface area contributed by atoms with Crippen molar-refractivity contribution in [1.82, 2.24) is 10.2 Å². The van der Waals surface area contributed by atoms with Crippen molar-refractivity contribution in [3.63, 3.8) is 0 Å². The molecular weight excluding hydrogens is 212 g/mol. The summed E-state index contributed by atoms with van der Waals surface area (Å²) in [6, 6.07) is 0.848. The Morgan fingerprint density at radius 3 is 2.65 bits per heavy atom. The number of carbonyl (C=O) groups excluding carboxylic acids is 1. The predicted octanol–water partition coefficient (Wildman–Crippen LogP) is 2.02. The number of rotatable bonds is 4. The number of likely N-dealkylation sites (tertiary alicyclic amines) is 1. The van der Waals surface area contributed by atoms with Crippen LogP contribution in [0.2, 0.25) is 0 Å². The van der Waals surface area contributed by atoms with E-state index in [0.717, 1.165) is 12.6 Å². The molecule has 1 atom stereocenters. The Kier molecular flexibility index (Phi) is 4.43. The van der Waals surface area contributed by atoms with E-state index in [0.29, 0.717) is 5.92 Å². The molecule has 0 aromatic rings. The lowest BCUT2D eigenvalue weighted by Gasteiger charge is -2.23. The molecule has 2 fully saturated rings. The maximum absolute atomic E-state index is 11.5. The van der Waals surface area contributed by atoms with E-state index < -0.39 is 0 Å². The van der Waals surface area contributed by atoms with Gasteiger partial charge in [-0.25, -0.2) is 0 Å². The summed E-state index contributed by atoms with van der Waals surface area (Å²) in [4.78, 5) is 14.2. The predicted molar refractivity (Wildman–Crippen MR) is 69.8 cm³/mol. The van der Waals surface area contributed by atoms with Gasteiger partial charge in [0, 0.05) is 25.0 Å². The van der Waals surface area contributed by atoms with Gasteiger partial charge in [0.2, 0.25) is 5.91 Å². The van der Waals surface area contributed by atoms with Crippen LogP contribution in [0.5, 0.6) is 0 Å². The zero-order valence-corrected chi connectivity index (χ0v) is 11.2. The van der Waals surface area contributed by atoms with Gasteiger partial charge in [0.1, 0.15) is 0 Å². The van der Waals surface area contributed by atoms with Gasteiger partial charge >= 0.3 is 0 Å². The first-order valence-corrected chi connectivity index (χ1v) is 7.18. The standard InChI is InChI=1S/C14H26N2O/c1-11(2)14(17)15-9-12-7-8-16(10-12)13-5-3-4-6-13/h11-13H,3-10H2,1-2H3,(H,15,17). The van der Waals surface area contributed by atoms with Gasteiger partial charge < -0.3 is 10.2 Å². The molecule has 0 bridgehead atoms. The lowest BCUT2D eigenvalue weighted by atomic mass is 10.1. The Labute approximate surface area is 105 Å². The minimum Gasteiger partial charge on any atom is -0.356 e. The minimum absolute atomic E-state index is 0.113. The molecule has 0 spiro atoms. The summed E-state index contributed by atoms with van der Waals surface area (Å²) >= 11 is 0. The molecular formula is C14H26N2O. The van der Waals surface area contributed by atoms with Crippen molar-refractivity contribution in [1.29, 1.82) is 0 Å². The van der Waals surface area contributed by atoms with Crippen LogP contribution in [0, 0.1) is 11.8 Å². The van der Waals surface area contributed by atoms with Gasteiger partial charge in [-0.15, -0.1) is 0 Å². The molecule has 2 aliphatic rings. The van der Waals surface area contributed by atoms with Crippen LogP contribution in [0.25, 0.3) is 0 Å². The SMILES string of the molecule is CC(C)C(=O)NCC1CCN(C2CCCC2)C1. The number of hydrogen-bond donors (Lipinski definition) is 1. The first kappa shape index (κ1) is 12.9. The molecule has 1 saturated carbocycles. The average Bonchev–Trinajstić information content (AvgIpc) is 2.95. The number of amides is 1. The highest BCUT2D eigenvalue weighted by Gasteiger charge is 2.29. The van der Waals surface area contributed by atoms with E-state index >= 15 is 0 Å². The molecule has 98 valence electrons. The van der Waals surface area contributed by atoms with Crippen LogP contribution in [-0.4, -0.2) is 36.5 Å². The maximum Gasteiger partial charge on any atom is 0.222 e. The van der Waals surface area contributed by atoms with Gasteiger partial charge in [-0.2, -0.15) is 0 Å². The van der Waals surface area contributed by atoms with E-state index in [9.17, 15) is 4.79 Å². The Morgan fingerprint density at radius 1 is 1.29 bits per heavy atom. The van der Waals surface area contributed by atoms with E-state index in [1.165, 1.54) is 45.2 Å². The van der Waals surface area contributed by atoms with Crippen molar-refractivity contribution in [2.75, 3.05) is 19.6 Å². The second-order valence-electron chi connectivity index (χ2n) is 5.99. The first-order chi connectivity index (χ1) is 8.16. The topological polar surface area (TPSA) is 32.3 Å². The highest BCUT2D eigenvalue weighted by atomic mass is 16.1. The van der Waals surface area contributed by atoms with E-state index in [1.54, 1.807) is 0 Å². The fraction of sp³-hybridized carbons (Fsp3) is 0.929. The molecule has 0 aromatic heterocycles. The molecule has 1 aliphatic carbocycles. The molecule has 0 aromatic carbocycles. The van der Waals surface area contributed by atoms with Crippen molar-refractivity contribution in [2.24, 2.45) is 11.8 Å². The Balaban J connectivity index is 1.69. The van der Waals surface area contributed by atoms with Gasteiger partial charge in [-0.05, 0) is 31.7 Å². The number of carbonyl (C=O) groups is 1. The summed E-state index contributed by atoms with van der Waals surface area (Å²) in [6.45, 7) is 7.22. The van der Waals surface area contributed by atoms with Crippen LogP contribution in [0.1, 0.15) is 46.0 Å². The molecule has 3 nitrogen and oxygen atoms in total. The molecule has 0 radical (unpaired) electrons. The second-order valence-corrected chi connectivity index (χ2v) is 5.99. The minimum atomic E-state index is 0.113. The van der Waals surface area contributed by atoms with E-state index in [4.69, 9.17) is 0 Å². The molecule has 1 saturated heterocycles. The molecule has 1 amide bonds. The Bertz CT molecular complexity index is 259. The average molecular weight is 238 g/mol. The zero-order chi connectivity index (χ0) is 12.3. The normalized spacial score (nSPS) is 26.9. The van der Waals surface area contributed by atoms with Crippen LogP contribution >= 0.6 is 0 Å². The van der Waals surface area contributed by atoms with E-state index in [-0.39, 0.29) is 11.8 Å². The van der Waals surface area contributed by atoms with Crippen LogP contribution < -0.4 is 5.32 Å². The van der Waals surface area contributed by atoms with Gasteiger partial charge in [0.15, 0.2) is 0 Å². The first-order valence-electron chi connectivity index (χ1n) is 7.18. The third kappa shape index (κ3) is 3.44. The molecule has 2 rings (SSSR count). The third-order valence-corrected chi connectivity index (χ3v) is 4.25. The summed E-state index contributed by atoms with van der Waals surface area (Å²) in [5.74, 6) is 0.991. The molecule has 17 heavy (non-hydrogen) atoms. The van der Waals surface area contributed by atoms with Crippen molar-refractivity contribution in [2.45, 2.75) is 52.0 Å². The van der Waals surface area contributed by atoms with Gasteiger partial charge in [0.25, 0.3) is 0 Å². The summed E-state index contributed by atoms with van der Waals surface area (Å²) in [7, 11) is 0. The summed E-state index contributed by atoms with van der Waals surface area (Å²) in [5, 5.41) is 3.07. The lowest BCUT2D eigenvalue weighted by Crippen LogP contribution is -2.35. The summed E-state index contributed by atoms with van der Waals surface area (Å²) < 4.78 is 0. The Morgan fingerprint density at radius 2 is 2.00 bits per heavy atom. The lowest BCUT2D eigenvalue weighted by molar-refractivity contribution is -0.124. The zero-order valence-electron chi connectivity index (χ0n) is 11.2. The molecule has 1 aliphatic heterocycles. The van der Waals surface area contributed by atoms with Gasteiger partial charge in [-0.3, -0.25) is 4.79 Å². The van der Waals surface area contributed by atoms with Crippen LogP contribution in [0.4, 0.5) is 0 Å². The molecule has 1 heterocycles. The Hall–Kier alpha value is -0.570. The van der Waals surface area contributed by atoms with E-state index in [2.05, 4.69) is 10.2 Å². The van der Waals surface area contributed by atoms with Crippen LogP contribution in [0.15, 0.2) is 0 Å². The van der Waals surface area contributed by atoms with Crippen molar-refractivity contribution < 1.29 is 4.79 Å². The highest BCUT2D eigenvalue weighted by molar-refractivity contribution is 5.77. The van der Waals surface area contributed by atoms with Gasteiger partial charge in [-0.1, -0.05) is 26.7 Å². The second kappa shape index (κ2) is 5.85. The quantitative estimate of drug-likeness (QED) is 0.812. The van der Waals surface area contributed by atoms with Crippen LogP contribution in [-0.2, 0) is 4.79 Å². The highest BCUT2D eigenvalue weighted by Crippen LogP contribution is 2.28. The van der Waals surface area contributed by atoms with Crippen molar-refractivity contribution >= 4 is 5.91 Å². The van der Waals surface area contributed by atoms with Gasteiger partial charge in [0.05, 0.1) is 0 Å². The van der Waals surface area contributed by atoms with E-state index in [1.807, 2.05) is 13.8 Å². The number of nitrogens with zero attached hydrogens (tertiary/aromatic N) is 1. The van der Waals surface area contributed by atoms with Crippen LogP contribution in [0.3, 0.4) is 0 Å². The smallest absolute Gasteiger partial charge is 0.222 e. The van der Waals surface area contributed by atoms with Crippen molar-refractivity contribution in [3.8, 4) is 0 Å². The van der Waals surface area contributed by atoms with Crippen molar-refractivity contribution in [3.05, 3.63) is 0 Å². The summed E-state index contributed by atoms with van der Waals surface area (Å²) in [5.41, 5.74) is 0. The fourth-order valence-corrected chi connectivity index (χ4v) is 3.08. The molecule has 3 heteroatoms.